The van der Waals surface area contributed by atoms with Gasteiger partial charge in [-0.25, -0.2) is 0 Å². The van der Waals surface area contributed by atoms with Gasteiger partial charge in [0.1, 0.15) is 6.04 Å². The van der Waals surface area contributed by atoms with Crippen molar-refractivity contribution in [2.75, 3.05) is 25.1 Å². The predicted molar refractivity (Wildman–Crippen MR) is 99.5 cm³/mol. The Kier molecular flexibility index (Phi) is 7.59. The first-order chi connectivity index (χ1) is 11.6. The van der Waals surface area contributed by atoms with Gasteiger partial charge in [0, 0.05) is 18.2 Å². The molecule has 2 rings (SSSR count). The minimum Gasteiger partial charge on any atom is -0.353 e. The van der Waals surface area contributed by atoms with Crippen LogP contribution in [0.5, 0.6) is 0 Å². The molecular weight excluding hydrogens is 322 g/mol. The molecule has 2 amide bonds. The van der Waals surface area contributed by atoms with Gasteiger partial charge in [-0.3, -0.25) is 9.59 Å². The molecule has 1 aromatic rings. The highest BCUT2D eigenvalue weighted by Crippen LogP contribution is 2.07. The maximum absolute atomic E-state index is 12.5. The Hall–Kier alpha value is -1.53. The zero-order chi connectivity index (χ0) is 17.4. The van der Waals surface area contributed by atoms with Gasteiger partial charge in [0.2, 0.25) is 5.91 Å². The van der Waals surface area contributed by atoms with Crippen LogP contribution in [0.15, 0.2) is 24.3 Å². The molecule has 5 nitrogen and oxygen atoms in total. The van der Waals surface area contributed by atoms with Gasteiger partial charge < -0.3 is 16.0 Å². The average molecular weight is 350 g/mol. The Morgan fingerprint density at radius 3 is 2.92 bits per heavy atom. The molecule has 1 heterocycles. The number of carbonyl (C=O) groups is 2. The lowest BCUT2D eigenvalue weighted by Crippen LogP contribution is -2.49. The van der Waals surface area contributed by atoms with Gasteiger partial charge in [-0.15, -0.1) is 0 Å². The van der Waals surface area contributed by atoms with E-state index in [1.165, 1.54) is 0 Å². The smallest absolute Gasteiger partial charge is 0.251 e. The van der Waals surface area contributed by atoms with Crippen LogP contribution in [0.1, 0.15) is 35.2 Å². The summed E-state index contributed by atoms with van der Waals surface area (Å²) >= 11 is 1.67. The lowest BCUT2D eigenvalue weighted by atomic mass is 10.1. The van der Waals surface area contributed by atoms with Gasteiger partial charge in [-0.2, -0.15) is 11.8 Å². The van der Waals surface area contributed by atoms with Crippen LogP contribution in [-0.2, 0) is 4.79 Å². The van der Waals surface area contributed by atoms with E-state index in [-0.39, 0.29) is 11.8 Å². The van der Waals surface area contributed by atoms with E-state index in [2.05, 4.69) is 16.0 Å². The summed E-state index contributed by atoms with van der Waals surface area (Å²) in [6.07, 6.45) is 4.87. The number of thioether (sulfide) groups is 1. The summed E-state index contributed by atoms with van der Waals surface area (Å²) in [5.74, 6) is 0.533. The van der Waals surface area contributed by atoms with E-state index < -0.39 is 6.04 Å². The first kappa shape index (κ1) is 18.8. The van der Waals surface area contributed by atoms with Gasteiger partial charge in [0.15, 0.2) is 0 Å². The second-order valence-corrected chi connectivity index (χ2v) is 7.20. The van der Waals surface area contributed by atoms with E-state index in [0.29, 0.717) is 24.6 Å². The summed E-state index contributed by atoms with van der Waals surface area (Å²) in [4.78, 5) is 24.9. The van der Waals surface area contributed by atoms with E-state index in [1.807, 2.05) is 31.4 Å². The monoisotopic (exact) mass is 349 g/mol. The van der Waals surface area contributed by atoms with Crippen molar-refractivity contribution in [1.82, 2.24) is 16.0 Å². The predicted octanol–water partition coefficient (Wildman–Crippen LogP) is 1.71. The van der Waals surface area contributed by atoms with Crippen molar-refractivity contribution >= 4 is 23.6 Å². The fourth-order valence-electron chi connectivity index (χ4n) is 2.81. The number of hydrogen-bond acceptors (Lipinski definition) is 4. The molecule has 24 heavy (non-hydrogen) atoms. The lowest BCUT2D eigenvalue weighted by Gasteiger charge is -2.20. The van der Waals surface area contributed by atoms with E-state index in [4.69, 9.17) is 0 Å². The van der Waals surface area contributed by atoms with Crippen molar-refractivity contribution in [1.29, 1.82) is 0 Å². The highest BCUT2D eigenvalue weighted by molar-refractivity contribution is 7.98. The number of benzene rings is 1. The number of hydrogen-bond donors (Lipinski definition) is 3. The first-order valence-corrected chi connectivity index (χ1v) is 9.87. The molecule has 1 aliphatic heterocycles. The van der Waals surface area contributed by atoms with Crippen LogP contribution in [0, 0.1) is 6.92 Å². The molecule has 1 fully saturated rings. The molecule has 132 valence electrons. The number of aryl methyl sites for hydroxylation is 1. The highest BCUT2D eigenvalue weighted by Gasteiger charge is 2.22. The maximum atomic E-state index is 12.5. The summed E-state index contributed by atoms with van der Waals surface area (Å²) in [6.45, 7) is 3.58. The van der Waals surface area contributed by atoms with E-state index >= 15 is 0 Å². The van der Waals surface area contributed by atoms with E-state index in [0.717, 1.165) is 30.7 Å². The molecule has 2 unspecified atom stereocenters. The SMILES string of the molecule is CSCCC(NC(=O)c1cccc(C)c1)C(=O)NCC1CCCN1. The summed E-state index contributed by atoms with van der Waals surface area (Å²) in [7, 11) is 0. The molecule has 1 saturated heterocycles. The maximum Gasteiger partial charge on any atom is 0.251 e. The van der Waals surface area contributed by atoms with E-state index in [1.54, 1.807) is 17.8 Å². The highest BCUT2D eigenvalue weighted by atomic mass is 32.2. The van der Waals surface area contributed by atoms with Gasteiger partial charge in [0.05, 0.1) is 0 Å². The second-order valence-electron chi connectivity index (χ2n) is 6.22. The first-order valence-electron chi connectivity index (χ1n) is 8.47. The summed E-state index contributed by atoms with van der Waals surface area (Å²) < 4.78 is 0. The van der Waals surface area contributed by atoms with Crippen molar-refractivity contribution in [2.45, 2.75) is 38.3 Å². The quantitative estimate of drug-likeness (QED) is 0.668. The van der Waals surface area contributed by atoms with Crippen molar-refractivity contribution < 1.29 is 9.59 Å². The van der Waals surface area contributed by atoms with Crippen LogP contribution in [0.2, 0.25) is 0 Å². The Balaban J connectivity index is 1.93. The Bertz CT molecular complexity index is 559. The minimum absolute atomic E-state index is 0.0984. The normalized spacial score (nSPS) is 18.2. The minimum atomic E-state index is -0.494. The third kappa shape index (κ3) is 5.83. The van der Waals surface area contributed by atoms with Crippen molar-refractivity contribution in [2.24, 2.45) is 0 Å². The molecule has 3 N–H and O–H groups in total. The van der Waals surface area contributed by atoms with Gasteiger partial charge >= 0.3 is 0 Å². The van der Waals surface area contributed by atoms with Crippen LogP contribution in [0.4, 0.5) is 0 Å². The van der Waals surface area contributed by atoms with E-state index in [9.17, 15) is 9.59 Å². The molecule has 0 radical (unpaired) electrons. The number of carbonyl (C=O) groups excluding carboxylic acids is 2. The molecule has 0 aromatic heterocycles. The lowest BCUT2D eigenvalue weighted by molar-refractivity contribution is -0.123. The number of rotatable bonds is 8. The van der Waals surface area contributed by atoms with Gasteiger partial charge in [0.25, 0.3) is 5.91 Å². The molecule has 0 aliphatic carbocycles. The molecule has 1 aliphatic rings. The van der Waals surface area contributed by atoms with Crippen LogP contribution < -0.4 is 16.0 Å². The topological polar surface area (TPSA) is 70.2 Å². The van der Waals surface area contributed by atoms with Crippen molar-refractivity contribution in [3.05, 3.63) is 35.4 Å². The Morgan fingerprint density at radius 1 is 1.42 bits per heavy atom. The fraction of sp³-hybridized carbons (Fsp3) is 0.556. The number of nitrogens with one attached hydrogen (secondary N) is 3. The number of amides is 2. The van der Waals surface area contributed by atoms with Crippen LogP contribution in [0.25, 0.3) is 0 Å². The summed E-state index contributed by atoms with van der Waals surface area (Å²) in [6, 6.07) is 7.26. The van der Waals surface area contributed by atoms with Crippen LogP contribution >= 0.6 is 11.8 Å². The molecule has 1 aromatic carbocycles. The third-order valence-electron chi connectivity index (χ3n) is 4.20. The molecule has 0 bridgehead atoms. The second kappa shape index (κ2) is 9.69. The standard InChI is InChI=1S/C18H27N3O2S/c1-13-5-3-6-14(11-13)17(22)21-16(8-10-24-2)18(23)20-12-15-7-4-9-19-15/h3,5-6,11,15-16,19H,4,7-10,12H2,1-2H3,(H,20,23)(H,21,22). The summed E-state index contributed by atoms with van der Waals surface area (Å²) in [5.41, 5.74) is 1.62. The molecule has 0 saturated carbocycles. The molecule has 6 heteroatoms. The third-order valence-corrected chi connectivity index (χ3v) is 4.84. The van der Waals surface area contributed by atoms with Gasteiger partial charge in [-0.1, -0.05) is 17.7 Å². The average Bonchev–Trinajstić information content (AvgIpc) is 3.09. The summed E-state index contributed by atoms with van der Waals surface area (Å²) in [5, 5.41) is 9.22. The molecule has 2 atom stereocenters. The zero-order valence-corrected chi connectivity index (χ0v) is 15.2. The van der Waals surface area contributed by atoms with Crippen LogP contribution in [0.3, 0.4) is 0 Å². The molecular formula is C18H27N3O2S. The zero-order valence-electron chi connectivity index (χ0n) is 14.4. The van der Waals surface area contributed by atoms with Crippen molar-refractivity contribution in [3.63, 3.8) is 0 Å². The van der Waals surface area contributed by atoms with Crippen molar-refractivity contribution in [3.8, 4) is 0 Å². The fourth-order valence-corrected chi connectivity index (χ4v) is 3.28. The largest absolute Gasteiger partial charge is 0.353 e. The van der Waals surface area contributed by atoms with Crippen LogP contribution in [-0.4, -0.2) is 49.0 Å². The Labute approximate surface area is 148 Å². The van der Waals surface area contributed by atoms with Gasteiger partial charge in [-0.05, 0) is 56.9 Å². The Morgan fingerprint density at radius 2 is 2.25 bits per heavy atom. The molecule has 0 spiro atoms.